The molecule has 0 aromatic carbocycles. The van der Waals surface area contributed by atoms with E-state index in [0.29, 0.717) is 0 Å². The number of hydrogen-bond acceptors (Lipinski definition) is 4. The summed E-state index contributed by atoms with van der Waals surface area (Å²) in [5.41, 5.74) is -0.807. The lowest BCUT2D eigenvalue weighted by atomic mass is 9.97. The predicted molar refractivity (Wildman–Crippen MR) is 58.6 cm³/mol. The number of ketones is 1. The smallest absolute Gasteiger partial charge is 0.246 e. The highest BCUT2D eigenvalue weighted by Crippen LogP contribution is 2.18. The molecular formula is C11H18N2O3. The Morgan fingerprint density at radius 3 is 2.50 bits per heavy atom. The fourth-order valence-electron chi connectivity index (χ4n) is 1.46. The molecule has 1 aliphatic rings. The third-order valence-corrected chi connectivity index (χ3v) is 2.92. The van der Waals surface area contributed by atoms with Crippen LogP contribution in [0, 0.1) is 5.92 Å². The summed E-state index contributed by atoms with van der Waals surface area (Å²) in [5.74, 6) is -0.743. The number of amides is 2. The molecule has 0 atom stereocenters. The Kier molecular flexibility index (Phi) is 3.48. The number of piperazine rings is 1. The van der Waals surface area contributed by atoms with Crippen LogP contribution in [-0.4, -0.2) is 41.1 Å². The first-order valence-electron chi connectivity index (χ1n) is 5.37. The third kappa shape index (κ3) is 2.47. The summed E-state index contributed by atoms with van der Waals surface area (Å²) in [7, 11) is 0. The quantitative estimate of drug-likeness (QED) is 0.685. The minimum absolute atomic E-state index is 0.0376. The van der Waals surface area contributed by atoms with E-state index in [2.05, 4.69) is 5.32 Å². The van der Waals surface area contributed by atoms with Gasteiger partial charge in [-0.05, 0) is 13.8 Å². The summed E-state index contributed by atoms with van der Waals surface area (Å²) in [4.78, 5) is 36.1. The van der Waals surface area contributed by atoms with E-state index >= 15 is 0 Å². The van der Waals surface area contributed by atoms with Crippen molar-refractivity contribution in [3.63, 3.8) is 0 Å². The lowest BCUT2D eigenvalue weighted by Crippen LogP contribution is -2.64. The molecule has 0 bridgehead atoms. The van der Waals surface area contributed by atoms with Gasteiger partial charge >= 0.3 is 0 Å². The van der Waals surface area contributed by atoms with E-state index in [1.54, 1.807) is 32.6 Å². The summed E-state index contributed by atoms with van der Waals surface area (Å²) in [5, 5.41) is 2.27. The molecule has 0 saturated carbocycles. The predicted octanol–water partition coefficient (Wildman–Crippen LogP) is -0.0515. The van der Waals surface area contributed by atoms with Gasteiger partial charge in [0.15, 0.2) is 0 Å². The Morgan fingerprint density at radius 1 is 1.44 bits per heavy atom. The molecule has 1 aliphatic heterocycles. The fourth-order valence-corrected chi connectivity index (χ4v) is 1.46. The van der Waals surface area contributed by atoms with Gasteiger partial charge < -0.3 is 0 Å². The second-order valence-electron chi connectivity index (χ2n) is 4.91. The fraction of sp³-hybridized carbons (Fsp3) is 0.727. The standard InChI is InChI=1S/C11H18N2O3/c1-7(2)8(14)5-13-6-9(15)12-10(16)11(13,3)4/h7H,5-6H2,1-4H3,(H,12,15,16). The molecule has 5 heteroatoms. The number of nitrogens with zero attached hydrogens (tertiary/aromatic N) is 1. The van der Waals surface area contributed by atoms with Gasteiger partial charge in [-0.1, -0.05) is 13.8 Å². The molecule has 1 rings (SSSR count). The van der Waals surface area contributed by atoms with E-state index < -0.39 is 5.54 Å². The average Bonchev–Trinajstić information content (AvgIpc) is 2.14. The van der Waals surface area contributed by atoms with Crippen LogP contribution in [0.2, 0.25) is 0 Å². The van der Waals surface area contributed by atoms with Crippen molar-refractivity contribution in [3.05, 3.63) is 0 Å². The Hall–Kier alpha value is -1.23. The molecule has 1 fully saturated rings. The minimum Gasteiger partial charge on any atom is -0.298 e. The summed E-state index contributed by atoms with van der Waals surface area (Å²) in [6.45, 7) is 7.27. The Labute approximate surface area is 95.2 Å². The Bertz CT molecular complexity index is 334. The van der Waals surface area contributed by atoms with Crippen LogP contribution < -0.4 is 5.32 Å². The van der Waals surface area contributed by atoms with Gasteiger partial charge in [0.2, 0.25) is 11.8 Å². The molecule has 1 N–H and O–H groups in total. The van der Waals surface area contributed by atoms with Gasteiger partial charge in [-0.3, -0.25) is 24.6 Å². The van der Waals surface area contributed by atoms with Crippen molar-refractivity contribution >= 4 is 17.6 Å². The number of rotatable bonds is 3. The number of imide groups is 1. The Morgan fingerprint density at radius 2 is 2.00 bits per heavy atom. The van der Waals surface area contributed by atoms with Crippen molar-refractivity contribution in [3.8, 4) is 0 Å². The summed E-state index contributed by atoms with van der Waals surface area (Å²) >= 11 is 0. The normalized spacial score (nSPS) is 21.1. The summed E-state index contributed by atoms with van der Waals surface area (Å²) in [6, 6.07) is 0. The van der Waals surface area contributed by atoms with Crippen LogP contribution >= 0.6 is 0 Å². The molecule has 0 aromatic heterocycles. The lowest BCUT2D eigenvalue weighted by molar-refractivity contribution is -0.146. The zero-order chi connectivity index (χ0) is 12.5. The van der Waals surface area contributed by atoms with Crippen molar-refractivity contribution in [1.29, 1.82) is 0 Å². The molecule has 2 amide bonds. The van der Waals surface area contributed by atoms with Crippen molar-refractivity contribution in [2.75, 3.05) is 13.1 Å². The van der Waals surface area contributed by atoms with E-state index in [4.69, 9.17) is 0 Å². The van der Waals surface area contributed by atoms with Gasteiger partial charge in [0.1, 0.15) is 5.78 Å². The summed E-state index contributed by atoms with van der Waals surface area (Å²) in [6.07, 6.45) is 0. The molecule has 0 aliphatic carbocycles. The second-order valence-corrected chi connectivity index (χ2v) is 4.91. The van der Waals surface area contributed by atoms with Gasteiger partial charge in [0.25, 0.3) is 0 Å². The highest BCUT2D eigenvalue weighted by molar-refractivity contribution is 6.03. The highest BCUT2D eigenvalue weighted by Gasteiger charge is 2.41. The summed E-state index contributed by atoms with van der Waals surface area (Å²) < 4.78 is 0. The highest BCUT2D eigenvalue weighted by atomic mass is 16.2. The lowest BCUT2D eigenvalue weighted by Gasteiger charge is -2.39. The first-order valence-corrected chi connectivity index (χ1v) is 5.37. The molecular weight excluding hydrogens is 208 g/mol. The minimum atomic E-state index is -0.807. The molecule has 1 heterocycles. The maximum atomic E-state index is 11.6. The van der Waals surface area contributed by atoms with Crippen LogP contribution in [0.1, 0.15) is 27.7 Å². The molecule has 0 spiro atoms. The second kappa shape index (κ2) is 4.33. The van der Waals surface area contributed by atoms with Crippen LogP contribution in [0.15, 0.2) is 0 Å². The SMILES string of the molecule is CC(C)C(=O)CN1CC(=O)NC(=O)C1(C)C. The van der Waals surface area contributed by atoms with Crippen LogP contribution in [0.25, 0.3) is 0 Å². The Balaban J connectivity index is 2.80. The van der Waals surface area contributed by atoms with Gasteiger partial charge in [0, 0.05) is 5.92 Å². The van der Waals surface area contributed by atoms with Gasteiger partial charge in [0.05, 0.1) is 18.6 Å². The van der Waals surface area contributed by atoms with Crippen molar-refractivity contribution in [2.45, 2.75) is 33.2 Å². The van der Waals surface area contributed by atoms with Crippen molar-refractivity contribution in [1.82, 2.24) is 10.2 Å². The monoisotopic (exact) mass is 226 g/mol. The van der Waals surface area contributed by atoms with Gasteiger partial charge in [-0.15, -0.1) is 0 Å². The first kappa shape index (κ1) is 12.8. The zero-order valence-electron chi connectivity index (χ0n) is 10.2. The number of carbonyl (C=O) groups excluding carboxylic acids is 3. The molecule has 0 unspecified atom stereocenters. The number of carbonyl (C=O) groups is 3. The maximum absolute atomic E-state index is 11.6. The van der Waals surface area contributed by atoms with Crippen molar-refractivity contribution in [2.24, 2.45) is 5.92 Å². The molecule has 0 radical (unpaired) electrons. The molecule has 5 nitrogen and oxygen atoms in total. The van der Waals surface area contributed by atoms with E-state index in [0.717, 1.165) is 0 Å². The number of hydrogen-bond donors (Lipinski definition) is 1. The largest absolute Gasteiger partial charge is 0.298 e. The van der Waals surface area contributed by atoms with Gasteiger partial charge in [-0.25, -0.2) is 0 Å². The van der Waals surface area contributed by atoms with E-state index in [9.17, 15) is 14.4 Å². The van der Waals surface area contributed by atoms with Crippen LogP contribution in [-0.2, 0) is 14.4 Å². The van der Waals surface area contributed by atoms with Gasteiger partial charge in [-0.2, -0.15) is 0 Å². The van der Waals surface area contributed by atoms with E-state index in [-0.39, 0.29) is 36.6 Å². The molecule has 90 valence electrons. The first-order chi connectivity index (χ1) is 7.25. The number of Topliss-reactive ketones (excluding diaryl/α,β-unsaturated/α-hetero) is 1. The van der Waals surface area contributed by atoms with Crippen molar-refractivity contribution < 1.29 is 14.4 Å². The molecule has 16 heavy (non-hydrogen) atoms. The topological polar surface area (TPSA) is 66.5 Å². The van der Waals surface area contributed by atoms with Crippen LogP contribution in [0.5, 0.6) is 0 Å². The van der Waals surface area contributed by atoms with Crippen LogP contribution in [0.4, 0.5) is 0 Å². The third-order valence-electron chi connectivity index (χ3n) is 2.92. The average molecular weight is 226 g/mol. The molecule has 1 saturated heterocycles. The van der Waals surface area contributed by atoms with Crippen LogP contribution in [0.3, 0.4) is 0 Å². The molecule has 0 aromatic rings. The maximum Gasteiger partial charge on any atom is 0.246 e. The zero-order valence-corrected chi connectivity index (χ0v) is 10.2. The van der Waals surface area contributed by atoms with E-state index in [1.807, 2.05) is 0 Å². The number of nitrogens with one attached hydrogen (secondary N) is 1. The van der Waals surface area contributed by atoms with E-state index in [1.165, 1.54) is 0 Å².